The summed E-state index contributed by atoms with van der Waals surface area (Å²) in [6.45, 7) is 6.33. The SMILES string of the molecule is CC(C)=CCC[C@H](C)C/C=N\N1C(=O)c2ccccc2C1=O. The molecule has 1 heterocycles. The number of amides is 2. The molecule has 1 atom stereocenters. The second kappa shape index (κ2) is 7.16. The minimum atomic E-state index is -0.339. The molecule has 0 unspecified atom stereocenters. The second-order valence-electron chi connectivity index (χ2n) is 5.97. The van der Waals surface area contributed by atoms with E-state index in [0.717, 1.165) is 24.3 Å². The molecule has 0 radical (unpaired) electrons. The molecule has 0 aliphatic carbocycles. The van der Waals surface area contributed by atoms with Gasteiger partial charge in [0.05, 0.1) is 11.1 Å². The van der Waals surface area contributed by atoms with E-state index in [1.54, 1.807) is 30.5 Å². The van der Waals surface area contributed by atoms with E-state index in [2.05, 4.69) is 31.9 Å². The lowest BCUT2D eigenvalue weighted by Crippen LogP contribution is -2.24. The van der Waals surface area contributed by atoms with Crippen molar-refractivity contribution in [2.45, 2.75) is 40.0 Å². The number of fused-ring (bicyclic) bond motifs is 1. The molecular formula is C18H22N2O2. The molecule has 0 aromatic heterocycles. The lowest BCUT2D eigenvalue weighted by Gasteiger charge is -2.08. The molecular weight excluding hydrogens is 276 g/mol. The Hall–Kier alpha value is -2.23. The van der Waals surface area contributed by atoms with Gasteiger partial charge in [-0.1, -0.05) is 30.7 Å². The maximum absolute atomic E-state index is 12.1. The van der Waals surface area contributed by atoms with E-state index in [-0.39, 0.29) is 11.8 Å². The van der Waals surface area contributed by atoms with Gasteiger partial charge in [-0.25, -0.2) is 0 Å². The average molecular weight is 298 g/mol. The van der Waals surface area contributed by atoms with Crippen molar-refractivity contribution >= 4 is 18.0 Å². The van der Waals surface area contributed by atoms with Gasteiger partial charge in [0.1, 0.15) is 0 Å². The number of hydrogen-bond acceptors (Lipinski definition) is 3. The zero-order chi connectivity index (χ0) is 16.1. The van der Waals surface area contributed by atoms with E-state index in [4.69, 9.17) is 0 Å². The number of carbonyl (C=O) groups is 2. The highest BCUT2D eigenvalue weighted by molar-refractivity contribution is 6.21. The number of benzene rings is 1. The summed E-state index contributed by atoms with van der Waals surface area (Å²) in [4.78, 5) is 24.2. The van der Waals surface area contributed by atoms with Crippen molar-refractivity contribution in [2.75, 3.05) is 0 Å². The van der Waals surface area contributed by atoms with Gasteiger partial charge in [0.2, 0.25) is 0 Å². The molecule has 0 saturated heterocycles. The Morgan fingerprint density at radius 2 is 1.77 bits per heavy atom. The second-order valence-corrected chi connectivity index (χ2v) is 5.97. The Morgan fingerprint density at radius 3 is 2.32 bits per heavy atom. The molecule has 1 aliphatic heterocycles. The van der Waals surface area contributed by atoms with Gasteiger partial charge in [0.15, 0.2) is 0 Å². The third-order valence-electron chi connectivity index (χ3n) is 3.69. The summed E-state index contributed by atoms with van der Waals surface area (Å²) in [5.41, 5.74) is 2.19. The minimum Gasteiger partial charge on any atom is -0.267 e. The normalized spacial score (nSPS) is 15.3. The molecule has 116 valence electrons. The van der Waals surface area contributed by atoms with Crippen LogP contribution in [0.2, 0.25) is 0 Å². The smallest absolute Gasteiger partial charge is 0.267 e. The maximum atomic E-state index is 12.1. The number of nitrogens with zero attached hydrogens (tertiary/aromatic N) is 2. The Labute approximate surface area is 131 Å². The van der Waals surface area contributed by atoms with E-state index in [1.165, 1.54) is 5.57 Å². The van der Waals surface area contributed by atoms with E-state index in [9.17, 15) is 9.59 Å². The number of hydrogen-bond donors (Lipinski definition) is 0. The predicted molar refractivity (Wildman–Crippen MR) is 87.9 cm³/mol. The summed E-state index contributed by atoms with van der Waals surface area (Å²) in [6.07, 6.45) is 6.76. The van der Waals surface area contributed by atoms with Crippen LogP contribution in [-0.4, -0.2) is 23.0 Å². The first kappa shape index (κ1) is 16.1. The van der Waals surface area contributed by atoms with E-state index in [0.29, 0.717) is 17.0 Å². The fraction of sp³-hybridized carbons (Fsp3) is 0.389. The van der Waals surface area contributed by atoms with Crippen LogP contribution >= 0.6 is 0 Å². The van der Waals surface area contributed by atoms with Crippen LogP contribution < -0.4 is 0 Å². The summed E-state index contributed by atoms with van der Waals surface area (Å²) < 4.78 is 0. The van der Waals surface area contributed by atoms with Crippen molar-refractivity contribution in [3.8, 4) is 0 Å². The molecule has 1 aliphatic rings. The Morgan fingerprint density at radius 1 is 1.18 bits per heavy atom. The molecule has 0 fully saturated rings. The van der Waals surface area contributed by atoms with Crippen LogP contribution in [0.3, 0.4) is 0 Å². The first-order valence-electron chi connectivity index (χ1n) is 7.64. The Balaban J connectivity index is 1.91. The topological polar surface area (TPSA) is 49.7 Å². The van der Waals surface area contributed by atoms with Gasteiger partial charge >= 0.3 is 0 Å². The number of allylic oxidation sites excluding steroid dienone is 2. The van der Waals surface area contributed by atoms with Crippen LogP contribution in [0.25, 0.3) is 0 Å². The molecule has 4 nitrogen and oxygen atoms in total. The summed E-state index contributed by atoms with van der Waals surface area (Å²) in [7, 11) is 0. The summed E-state index contributed by atoms with van der Waals surface area (Å²) >= 11 is 0. The third kappa shape index (κ3) is 3.70. The maximum Gasteiger partial charge on any atom is 0.282 e. The third-order valence-corrected chi connectivity index (χ3v) is 3.69. The van der Waals surface area contributed by atoms with Gasteiger partial charge in [-0.05, 0) is 51.2 Å². The first-order chi connectivity index (χ1) is 10.5. The number of rotatable bonds is 6. The van der Waals surface area contributed by atoms with Gasteiger partial charge in [-0.15, -0.1) is 0 Å². The lowest BCUT2D eigenvalue weighted by molar-refractivity contribution is 0.0659. The van der Waals surface area contributed by atoms with Crippen LogP contribution in [0.15, 0.2) is 41.0 Å². The first-order valence-corrected chi connectivity index (χ1v) is 7.64. The molecule has 0 spiro atoms. The van der Waals surface area contributed by atoms with E-state index in [1.807, 2.05) is 0 Å². The highest BCUT2D eigenvalue weighted by Gasteiger charge is 2.35. The molecule has 22 heavy (non-hydrogen) atoms. The molecule has 0 N–H and O–H groups in total. The zero-order valence-corrected chi connectivity index (χ0v) is 13.4. The van der Waals surface area contributed by atoms with Crippen LogP contribution in [0, 0.1) is 5.92 Å². The van der Waals surface area contributed by atoms with Crippen LogP contribution in [0.4, 0.5) is 0 Å². The number of carbonyl (C=O) groups excluding carboxylic acids is 2. The fourth-order valence-electron chi connectivity index (χ4n) is 2.36. The quantitative estimate of drug-likeness (QED) is 0.452. The van der Waals surface area contributed by atoms with Crippen LogP contribution in [0.5, 0.6) is 0 Å². The molecule has 0 saturated carbocycles. The van der Waals surface area contributed by atoms with Crippen molar-refractivity contribution in [1.82, 2.24) is 5.01 Å². The van der Waals surface area contributed by atoms with Crippen LogP contribution in [-0.2, 0) is 0 Å². The number of imide groups is 1. The van der Waals surface area contributed by atoms with Gasteiger partial charge in [-0.2, -0.15) is 10.1 Å². The highest BCUT2D eigenvalue weighted by Crippen LogP contribution is 2.22. The standard InChI is InChI=1S/C18H22N2O2/c1-13(2)7-6-8-14(3)11-12-19-20-17(21)15-9-4-5-10-16(15)18(20)22/h4-5,7,9-10,12,14H,6,8,11H2,1-3H3/b19-12-/t14-/m0/s1. The van der Waals surface area contributed by atoms with Crippen molar-refractivity contribution in [2.24, 2.45) is 11.0 Å². The van der Waals surface area contributed by atoms with Crippen molar-refractivity contribution < 1.29 is 9.59 Å². The van der Waals surface area contributed by atoms with E-state index >= 15 is 0 Å². The van der Waals surface area contributed by atoms with Gasteiger partial charge in [0.25, 0.3) is 11.8 Å². The van der Waals surface area contributed by atoms with Crippen molar-refractivity contribution in [3.05, 3.63) is 47.0 Å². The zero-order valence-electron chi connectivity index (χ0n) is 13.4. The molecule has 2 amide bonds. The fourth-order valence-corrected chi connectivity index (χ4v) is 2.36. The Bertz CT molecular complexity index is 593. The largest absolute Gasteiger partial charge is 0.282 e. The minimum absolute atomic E-state index is 0.339. The average Bonchev–Trinajstić information content (AvgIpc) is 2.72. The molecule has 1 aromatic carbocycles. The summed E-state index contributed by atoms with van der Waals surface area (Å²) in [6, 6.07) is 6.82. The van der Waals surface area contributed by atoms with Gasteiger partial charge in [-0.3, -0.25) is 9.59 Å². The van der Waals surface area contributed by atoms with Crippen molar-refractivity contribution in [3.63, 3.8) is 0 Å². The van der Waals surface area contributed by atoms with Crippen molar-refractivity contribution in [1.29, 1.82) is 0 Å². The van der Waals surface area contributed by atoms with Gasteiger partial charge < -0.3 is 0 Å². The summed E-state index contributed by atoms with van der Waals surface area (Å²) in [5, 5.41) is 5.04. The van der Waals surface area contributed by atoms with E-state index < -0.39 is 0 Å². The molecule has 2 rings (SSSR count). The highest BCUT2D eigenvalue weighted by atomic mass is 16.2. The Kier molecular flexibility index (Phi) is 5.26. The summed E-state index contributed by atoms with van der Waals surface area (Å²) in [5.74, 6) is -0.211. The monoisotopic (exact) mass is 298 g/mol. The molecule has 1 aromatic rings. The molecule has 4 heteroatoms. The number of hydrazone groups is 1. The molecule has 0 bridgehead atoms. The van der Waals surface area contributed by atoms with Gasteiger partial charge in [0, 0.05) is 6.21 Å². The predicted octanol–water partition coefficient (Wildman–Crippen LogP) is 4.04. The van der Waals surface area contributed by atoms with Crippen LogP contribution in [0.1, 0.15) is 60.7 Å². The lowest BCUT2D eigenvalue weighted by atomic mass is 10.0.